The van der Waals surface area contributed by atoms with E-state index in [-0.39, 0.29) is 0 Å². The van der Waals surface area contributed by atoms with Gasteiger partial charge >= 0.3 is 126 Å². The summed E-state index contributed by atoms with van der Waals surface area (Å²) in [4.78, 5) is 4.12. The van der Waals surface area contributed by atoms with Gasteiger partial charge in [-0.25, -0.2) is 0 Å². The predicted molar refractivity (Wildman–Crippen MR) is 75.1 cm³/mol. The van der Waals surface area contributed by atoms with Crippen molar-refractivity contribution >= 4 is 42.7 Å². The Labute approximate surface area is 126 Å². The molecule has 0 saturated carbocycles. The van der Waals surface area contributed by atoms with Crippen molar-refractivity contribution in [3.8, 4) is 17.1 Å². The Bertz CT molecular complexity index is 753. The number of rotatable bonds is 2. The van der Waals surface area contributed by atoms with Gasteiger partial charge in [0.15, 0.2) is 0 Å². The van der Waals surface area contributed by atoms with Crippen LogP contribution in [0.5, 0.6) is 5.88 Å². The minimum atomic E-state index is 0.583. The molecular weight excluding hydrogens is 433 g/mol. The maximum absolute atomic E-state index is 5.88. The molecule has 2 heterocycles. The molecule has 3 aromatic rings. The summed E-state index contributed by atoms with van der Waals surface area (Å²) in [5, 5.41) is 5.69. The topological polar surface area (TPSA) is 66.0 Å². The van der Waals surface area contributed by atoms with Crippen LogP contribution in [0.3, 0.4) is 0 Å². The van der Waals surface area contributed by atoms with Gasteiger partial charge in [-0.1, -0.05) is 0 Å². The van der Waals surface area contributed by atoms with Crippen LogP contribution in [0, 0.1) is 0 Å². The Hall–Kier alpha value is -1.64. The first kappa shape index (κ1) is 12.4. The zero-order valence-corrected chi connectivity index (χ0v) is 14.9. The number of hydrogen-bond acceptors (Lipinski definition) is 4. The number of anilines is 1. The number of nitrogens with zero attached hydrogens (tertiary/aromatic N) is 3. The molecule has 0 spiro atoms. The van der Waals surface area contributed by atoms with Gasteiger partial charge in [-0.15, -0.1) is 0 Å². The predicted octanol–water partition coefficient (Wildman–Crippen LogP) is 1.62. The molecule has 0 saturated heterocycles. The normalized spacial score (nSPS) is 10.7. The third-order valence-corrected chi connectivity index (χ3v) is 4.48. The minimum absolute atomic E-state index is 0.583. The molecular formula is C13H11N4OTl. The third kappa shape index (κ3) is 2.18. The first-order chi connectivity index (χ1) is 9.19. The molecule has 19 heavy (non-hydrogen) atoms. The van der Waals surface area contributed by atoms with Crippen LogP contribution in [-0.2, 0) is 0 Å². The molecule has 0 aliphatic heterocycles. The zero-order valence-electron chi connectivity index (χ0n) is 10.4. The van der Waals surface area contributed by atoms with E-state index < -0.39 is 0 Å². The molecule has 0 bridgehead atoms. The first-order valence-electron chi connectivity index (χ1n) is 5.73. The Balaban J connectivity index is 2.26. The van der Waals surface area contributed by atoms with Gasteiger partial charge in [-0.05, 0) is 0 Å². The molecule has 1 aromatic carbocycles. The fourth-order valence-corrected chi connectivity index (χ4v) is 3.36. The molecule has 0 aliphatic rings. The molecule has 3 rings (SSSR count). The number of aromatic nitrogens is 3. The summed E-state index contributed by atoms with van der Waals surface area (Å²) in [7, 11) is 1.61. The van der Waals surface area contributed by atoms with Crippen molar-refractivity contribution < 1.29 is 4.74 Å². The van der Waals surface area contributed by atoms with Gasteiger partial charge in [-0.3, -0.25) is 0 Å². The zero-order chi connectivity index (χ0) is 13.4. The van der Waals surface area contributed by atoms with Crippen LogP contribution in [-0.4, -0.2) is 45.7 Å². The summed E-state index contributed by atoms with van der Waals surface area (Å²) in [6.07, 6.45) is 1.72. The summed E-state index contributed by atoms with van der Waals surface area (Å²) in [6, 6.07) is 9.69. The summed E-state index contributed by atoms with van der Waals surface area (Å²) in [6.45, 7) is 0. The van der Waals surface area contributed by atoms with Crippen molar-refractivity contribution in [3.05, 3.63) is 36.5 Å². The number of fused-ring (bicyclic) bond motifs is 1. The van der Waals surface area contributed by atoms with Gasteiger partial charge in [0.1, 0.15) is 0 Å². The standard InChI is InChI=1S/C13H11N4O.Tl/c1-18-12-6-8(4-5-15-12)13-10-7-9(14)2-3-11(10)16-17-13;/h2-7H,14H2,1H3;/q-1;+1. The van der Waals surface area contributed by atoms with Crippen molar-refractivity contribution in [3.63, 3.8) is 0 Å². The second-order valence-electron chi connectivity index (χ2n) is 4.16. The second-order valence-corrected chi connectivity index (χ2v) is 6.06. The molecule has 0 atom stereocenters. The van der Waals surface area contributed by atoms with Crippen molar-refractivity contribution in [2.75, 3.05) is 12.8 Å². The van der Waals surface area contributed by atoms with Crippen molar-refractivity contribution in [2.45, 2.75) is 0 Å². The van der Waals surface area contributed by atoms with Gasteiger partial charge in [0, 0.05) is 0 Å². The average Bonchev–Trinajstić information content (AvgIpc) is 2.75. The van der Waals surface area contributed by atoms with E-state index in [1.165, 1.54) is 0 Å². The molecule has 0 unspecified atom stereocenters. The first-order valence-corrected chi connectivity index (χ1v) is 7.73. The van der Waals surface area contributed by atoms with Gasteiger partial charge in [0.2, 0.25) is 0 Å². The summed E-state index contributed by atoms with van der Waals surface area (Å²) in [5.74, 6) is 0.583. The van der Waals surface area contributed by atoms with E-state index in [0.29, 0.717) is 31.9 Å². The molecule has 0 aliphatic carbocycles. The number of pyridine rings is 1. The molecule has 5 nitrogen and oxygen atoms in total. The number of ether oxygens (including phenoxy) is 1. The van der Waals surface area contributed by atoms with E-state index in [9.17, 15) is 0 Å². The Morgan fingerprint density at radius 1 is 1.26 bits per heavy atom. The summed E-state index contributed by atoms with van der Waals surface area (Å²) >= 11 is 0.605. The maximum atomic E-state index is 5.88. The van der Waals surface area contributed by atoms with Gasteiger partial charge in [0.05, 0.1) is 0 Å². The van der Waals surface area contributed by atoms with E-state index in [0.717, 1.165) is 27.8 Å². The van der Waals surface area contributed by atoms with Crippen molar-refractivity contribution in [1.82, 2.24) is 12.6 Å². The van der Waals surface area contributed by atoms with Crippen LogP contribution in [0.15, 0.2) is 36.5 Å². The van der Waals surface area contributed by atoms with E-state index in [4.69, 9.17) is 10.5 Å². The van der Waals surface area contributed by atoms with E-state index >= 15 is 0 Å². The Morgan fingerprint density at radius 2 is 2.11 bits per heavy atom. The number of methoxy groups -OCH3 is 1. The van der Waals surface area contributed by atoms with Crippen LogP contribution in [0.25, 0.3) is 22.2 Å². The van der Waals surface area contributed by atoms with E-state index in [1.807, 2.05) is 32.8 Å². The van der Waals surface area contributed by atoms with E-state index in [2.05, 4.69) is 10.1 Å². The summed E-state index contributed by atoms with van der Waals surface area (Å²) in [5.41, 5.74) is 9.64. The third-order valence-electron chi connectivity index (χ3n) is 2.95. The van der Waals surface area contributed by atoms with Crippen molar-refractivity contribution in [1.29, 1.82) is 0 Å². The van der Waals surface area contributed by atoms with Crippen molar-refractivity contribution in [2.24, 2.45) is 0 Å². The van der Waals surface area contributed by atoms with Crippen LogP contribution in [0.1, 0.15) is 0 Å². The number of benzene rings is 1. The van der Waals surface area contributed by atoms with Crippen LogP contribution >= 0.6 is 0 Å². The van der Waals surface area contributed by atoms with E-state index in [1.54, 1.807) is 13.3 Å². The fraction of sp³-hybridized carbons (Fsp3) is 0.0769. The number of hydrogen-bond donors (Lipinski definition) is 1. The van der Waals surface area contributed by atoms with Gasteiger partial charge in [-0.2, -0.15) is 0 Å². The Morgan fingerprint density at radius 3 is 2.89 bits per heavy atom. The van der Waals surface area contributed by atoms with Crippen LogP contribution in [0.2, 0.25) is 0 Å². The number of nitrogen functional groups attached to an aromatic ring is 1. The van der Waals surface area contributed by atoms with Crippen LogP contribution in [0.4, 0.5) is 5.69 Å². The summed E-state index contributed by atoms with van der Waals surface area (Å²) < 4.78 is 7.17. The molecule has 2 aromatic heterocycles. The quantitative estimate of drug-likeness (QED) is 0.483. The molecule has 92 valence electrons. The Kier molecular flexibility index (Phi) is 3.13. The van der Waals surface area contributed by atoms with Crippen LogP contribution < -0.4 is 10.5 Å². The molecule has 0 fully saturated rings. The second kappa shape index (κ2) is 4.80. The molecule has 2 N–H and O–H groups in total. The molecule has 0 radical (unpaired) electrons. The average molecular weight is 444 g/mol. The van der Waals surface area contributed by atoms with Gasteiger partial charge in [0.25, 0.3) is 0 Å². The monoisotopic (exact) mass is 444 g/mol. The molecule has 6 heteroatoms. The fourth-order valence-electron chi connectivity index (χ4n) is 2.04. The molecule has 0 amide bonds. The number of nitrogens with two attached hydrogens (primary N) is 1. The SMILES string of the molecule is COc1cc(-c2n[n]([Tl])c3ccc(N)cc23)ccn1. The van der Waals surface area contributed by atoms with Gasteiger partial charge < -0.3 is 0 Å².